The number of likely N-dealkylation sites (tertiary alicyclic amines) is 2. The van der Waals surface area contributed by atoms with Gasteiger partial charge in [-0.1, -0.05) is 12.1 Å². The number of nitrogens with two attached hydrogens (primary N) is 3. The maximum absolute atomic E-state index is 15.7. The summed E-state index contributed by atoms with van der Waals surface area (Å²) in [5.41, 5.74) is 23.5. The highest BCUT2D eigenvalue weighted by Crippen LogP contribution is 2.55. The highest BCUT2D eigenvalue weighted by molar-refractivity contribution is 6.06. The molecule has 1 aromatic heterocycles. The number of allylic oxidation sites excluding steroid dienone is 1. The largest absolute Gasteiger partial charge is 0.507 e. The number of nitrogens with zero attached hydrogens (tertiary/aromatic N) is 6. The Morgan fingerprint density at radius 1 is 0.841 bits per heavy atom. The van der Waals surface area contributed by atoms with Crippen LogP contribution >= 0.6 is 0 Å². The van der Waals surface area contributed by atoms with Gasteiger partial charge in [-0.3, -0.25) is 15.0 Å². The summed E-state index contributed by atoms with van der Waals surface area (Å²) in [4.78, 5) is 34.8. The lowest BCUT2D eigenvalue weighted by molar-refractivity contribution is -0.120. The van der Waals surface area contributed by atoms with E-state index in [2.05, 4.69) is 35.5 Å². The molecule has 5 aliphatic heterocycles. The van der Waals surface area contributed by atoms with Crippen LogP contribution in [-0.2, 0) is 4.79 Å². The molecule has 1 aliphatic carbocycles. The zero-order chi connectivity index (χ0) is 43.6. The lowest BCUT2D eigenvalue weighted by Crippen LogP contribution is -2.54. The van der Waals surface area contributed by atoms with E-state index in [-0.39, 0.29) is 54.0 Å². The first kappa shape index (κ1) is 41.1. The minimum atomic E-state index is -0.583. The van der Waals surface area contributed by atoms with Crippen LogP contribution in [0.1, 0.15) is 69.4 Å². The normalized spacial score (nSPS) is 23.4. The Labute approximate surface area is 366 Å². The van der Waals surface area contributed by atoms with Crippen LogP contribution in [0, 0.1) is 23.0 Å². The molecule has 2 unspecified atom stereocenters. The molecule has 5 saturated heterocycles. The van der Waals surface area contributed by atoms with Crippen molar-refractivity contribution in [2.75, 3.05) is 67.1 Å². The van der Waals surface area contributed by atoms with Crippen LogP contribution in [0.25, 0.3) is 16.6 Å². The molecule has 3 amide bonds. The number of rotatable bonds is 9. The first-order chi connectivity index (χ1) is 30.4. The standard InChI is InChI=1S/C48H58F2N10O3/c49-37-8-7-31(60-32-5-6-33(60)29-57(28-32)42(46(52)53)24-38(51)35-3-1-2-4-43(35)61)23-41(37)56-17-11-30(12-18-56)27-55-21-15-48(16-22-55)25-34(26-48)58-19-13-36-39(58)9-10-40(45(36)50)59-20-14-44(62)54-47(59)63/h1-4,7-10,13,19,23-24,30,32-34,61H,5-6,11-12,14-18,20-22,25-29,51-53H2,(H,54,62,63)/b38-24-. The van der Waals surface area contributed by atoms with Gasteiger partial charge in [0.05, 0.1) is 22.6 Å². The van der Waals surface area contributed by atoms with Gasteiger partial charge in [0, 0.05) is 92.3 Å². The lowest BCUT2D eigenvalue weighted by Gasteiger charge is -2.53. The second-order valence-corrected chi connectivity index (χ2v) is 18.9. The Bertz CT molecular complexity index is 2460. The first-order valence-corrected chi connectivity index (χ1v) is 22.6. The van der Waals surface area contributed by atoms with Crippen molar-refractivity contribution in [3.63, 3.8) is 0 Å². The Morgan fingerprint density at radius 3 is 2.27 bits per heavy atom. The van der Waals surface area contributed by atoms with Crippen LogP contribution in [0.15, 0.2) is 84.5 Å². The Hall–Kier alpha value is -5.96. The molecule has 1 spiro atoms. The summed E-state index contributed by atoms with van der Waals surface area (Å²) in [6.07, 6.45) is 12.5. The number of carbonyl (C=O) groups excluding carboxylic acids is 2. The van der Waals surface area contributed by atoms with Gasteiger partial charge >= 0.3 is 6.03 Å². The molecular weight excluding hydrogens is 803 g/mol. The molecule has 1 saturated carbocycles. The van der Waals surface area contributed by atoms with Crippen molar-refractivity contribution >= 4 is 45.6 Å². The molecule has 332 valence electrons. The Morgan fingerprint density at radius 2 is 1.57 bits per heavy atom. The van der Waals surface area contributed by atoms with E-state index in [1.165, 1.54) is 4.90 Å². The minimum Gasteiger partial charge on any atom is -0.507 e. The number of fused-ring (bicyclic) bond motifs is 3. The number of urea groups is 1. The van der Waals surface area contributed by atoms with Crippen LogP contribution in [-0.4, -0.2) is 95.9 Å². The van der Waals surface area contributed by atoms with Gasteiger partial charge in [0.2, 0.25) is 5.91 Å². The van der Waals surface area contributed by atoms with Gasteiger partial charge in [0.1, 0.15) is 17.4 Å². The molecule has 2 atom stereocenters. The molecular formula is C48H58F2N10O3. The number of amides is 3. The van der Waals surface area contributed by atoms with E-state index in [0.29, 0.717) is 58.5 Å². The minimum absolute atomic E-state index is 0.0951. The highest BCUT2D eigenvalue weighted by atomic mass is 19.1. The molecule has 13 nitrogen and oxygen atoms in total. The predicted molar refractivity (Wildman–Crippen MR) is 242 cm³/mol. The fraction of sp³-hybridized carbons (Fsp3) is 0.458. The molecule has 6 heterocycles. The number of phenols is 1. The quantitative estimate of drug-likeness (QED) is 0.124. The van der Waals surface area contributed by atoms with Crippen molar-refractivity contribution in [2.24, 2.45) is 28.5 Å². The monoisotopic (exact) mass is 860 g/mol. The predicted octanol–water partition coefficient (Wildman–Crippen LogP) is 6.14. The van der Waals surface area contributed by atoms with E-state index in [9.17, 15) is 14.7 Å². The van der Waals surface area contributed by atoms with Crippen molar-refractivity contribution < 1.29 is 23.5 Å². The van der Waals surface area contributed by atoms with Crippen LogP contribution in [0.2, 0.25) is 0 Å². The summed E-state index contributed by atoms with van der Waals surface area (Å²) < 4.78 is 33.5. The van der Waals surface area contributed by atoms with Crippen molar-refractivity contribution in [3.05, 3.63) is 102 Å². The number of hydrogen-bond donors (Lipinski definition) is 5. The van der Waals surface area contributed by atoms with Crippen molar-refractivity contribution in [1.29, 1.82) is 0 Å². The zero-order valence-electron chi connectivity index (χ0n) is 35.7. The average molecular weight is 861 g/mol. The first-order valence-electron chi connectivity index (χ1n) is 22.6. The molecule has 6 aliphatic rings. The van der Waals surface area contributed by atoms with E-state index >= 15 is 8.78 Å². The Balaban J connectivity index is 0.714. The maximum Gasteiger partial charge on any atom is 0.328 e. The van der Waals surface area contributed by atoms with Gasteiger partial charge in [0.25, 0.3) is 0 Å². The third kappa shape index (κ3) is 7.67. The third-order valence-electron chi connectivity index (χ3n) is 15.1. The summed E-state index contributed by atoms with van der Waals surface area (Å²) in [5, 5.41) is 13.1. The van der Waals surface area contributed by atoms with Gasteiger partial charge in [-0.05, 0) is 130 Å². The second kappa shape index (κ2) is 16.3. The molecule has 10 rings (SSSR count). The van der Waals surface area contributed by atoms with Gasteiger partial charge in [-0.2, -0.15) is 0 Å². The number of piperazine rings is 1. The summed E-state index contributed by atoms with van der Waals surface area (Å²) in [6, 6.07) is 18.1. The van der Waals surface area contributed by atoms with Gasteiger partial charge in [-0.25, -0.2) is 13.6 Å². The molecule has 4 aromatic rings. The Kier molecular flexibility index (Phi) is 10.6. The fourth-order valence-corrected chi connectivity index (χ4v) is 11.7. The average Bonchev–Trinajstić information content (AvgIpc) is 3.81. The summed E-state index contributed by atoms with van der Waals surface area (Å²) >= 11 is 0. The van der Waals surface area contributed by atoms with Gasteiger partial charge in [-0.15, -0.1) is 0 Å². The lowest BCUT2D eigenvalue weighted by atomic mass is 9.60. The zero-order valence-corrected chi connectivity index (χ0v) is 35.7. The number of aromatic nitrogens is 1. The van der Waals surface area contributed by atoms with Crippen molar-refractivity contribution in [3.8, 4) is 5.75 Å². The number of carbonyl (C=O) groups is 2. The number of aromatic hydroxyl groups is 1. The van der Waals surface area contributed by atoms with E-state index in [1.54, 1.807) is 36.4 Å². The van der Waals surface area contributed by atoms with E-state index in [4.69, 9.17) is 17.2 Å². The second-order valence-electron chi connectivity index (χ2n) is 18.9. The van der Waals surface area contributed by atoms with E-state index in [1.807, 2.05) is 30.5 Å². The van der Waals surface area contributed by atoms with E-state index in [0.717, 1.165) is 95.3 Å². The van der Waals surface area contributed by atoms with Gasteiger partial charge < -0.3 is 46.5 Å². The third-order valence-corrected chi connectivity index (χ3v) is 15.1. The highest BCUT2D eigenvalue weighted by Gasteiger charge is 2.47. The summed E-state index contributed by atoms with van der Waals surface area (Å²) in [5.74, 6) is -0.0935. The number of anilines is 3. The van der Waals surface area contributed by atoms with Crippen molar-refractivity contribution in [1.82, 2.24) is 19.7 Å². The number of hydrogen-bond acceptors (Lipinski definition) is 10. The molecule has 0 radical (unpaired) electrons. The number of phenolic OH excluding ortho intramolecular Hbond substituents is 1. The number of para-hydroxylation sites is 1. The topological polar surface area (TPSA) is 166 Å². The molecule has 3 aromatic carbocycles. The van der Waals surface area contributed by atoms with E-state index < -0.39 is 11.8 Å². The summed E-state index contributed by atoms with van der Waals surface area (Å²) in [6.45, 7) is 6.47. The fourth-order valence-electron chi connectivity index (χ4n) is 11.7. The number of imide groups is 1. The maximum atomic E-state index is 15.7. The summed E-state index contributed by atoms with van der Waals surface area (Å²) in [7, 11) is 0. The van der Waals surface area contributed by atoms with Gasteiger partial charge in [0.15, 0.2) is 5.82 Å². The molecule has 15 heteroatoms. The number of nitrogens with one attached hydrogen (secondary N) is 1. The molecule has 2 bridgehead atoms. The molecule has 63 heavy (non-hydrogen) atoms. The van der Waals surface area contributed by atoms with Crippen LogP contribution < -0.4 is 37.2 Å². The molecule has 8 N–H and O–H groups in total. The van der Waals surface area contributed by atoms with Crippen LogP contribution in [0.4, 0.5) is 30.6 Å². The smallest absolute Gasteiger partial charge is 0.328 e. The molecule has 6 fully saturated rings. The number of halogens is 2. The number of benzene rings is 3. The van der Waals surface area contributed by atoms with Crippen LogP contribution in [0.3, 0.4) is 0 Å². The SMILES string of the molecule is NC(N)=C(/C=C(\N)c1ccccc1O)N1CC2CCC(C1)N2c1ccc(F)c(N2CCC(CN3CCC4(CC3)CC(n3ccc5c(F)c(N6CCC(=O)NC6=O)ccc53)C4)CC2)c1. The number of piperidine rings is 2. The van der Waals surface area contributed by atoms with Crippen molar-refractivity contribution in [2.45, 2.75) is 75.9 Å². The van der Waals surface area contributed by atoms with Crippen LogP contribution in [0.5, 0.6) is 5.75 Å².